The molecule has 0 radical (unpaired) electrons. The smallest absolute Gasteiger partial charge is 0.185 e. The summed E-state index contributed by atoms with van der Waals surface area (Å²) in [4.78, 5) is 14.7. The van der Waals surface area contributed by atoms with E-state index >= 15 is 0 Å². The number of fused-ring (bicyclic) bond motifs is 1. The van der Waals surface area contributed by atoms with E-state index in [1.807, 2.05) is 25.3 Å². The van der Waals surface area contributed by atoms with Crippen LogP contribution >= 0.6 is 11.3 Å². The van der Waals surface area contributed by atoms with E-state index in [0.29, 0.717) is 0 Å². The Labute approximate surface area is 132 Å². The summed E-state index contributed by atoms with van der Waals surface area (Å²) in [5.74, 6) is 1.70. The van der Waals surface area contributed by atoms with E-state index in [4.69, 9.17) is 0 Å². The van der Waals surface area contributed by atoms with Gasteiger partial charge in [0.25, 0.3) is 0 Å². The van der Waals surface area contributed by atoms with Crippen LogP contribution in [0.15, 0.2) is 18.3 Å². The Morgan fingerprint density at radius 3 is 2.50 bits per heavy atom. The van der Waals surface area contributed by atoms with Crippen molar-refractivity contribution in [3.8, 4) is 0 Å². The van der Waals surface area contributed by atoms with E-state index in [-0.39, 0.29) is 0 Å². The number of hydrogen-bond acceptors (Lipinski definition) is 7. The molecular formula is C14H17N7S. The second-order valence-corrected chi connectivity index (χ2v) is 6.64. The highest BCUT2D eigenvalue weighted by atomic mass is 32.1. The number of aromatic nitrogens is 5. The molecule has 4 heterocycles. The van der Waals surface area contributed by atoms with Crippen LogP contribution in [0.5, 0.6) is 0 Å². The van der Waals surface area contributed by atoms with Crippen LogP contribution in [-0.4, -0.2) is 51.0 Å². The third kappa shape index (κ3) is 2.39. The first kappa shape index (κ1) is 13.4. The van der Waals surface area contributed by atoms with Crippen LogP contribution in [0.2, 0.25) is 0 Å². The predicted octanol–water partition coefficient (Wildman–Crippen LogP) is 1.52. The highest BCUT2D eigenvalue weighted by Gasteiger charge is 2.20. The molecule has 0 spiro atoms. The first-order valence-electron chi connectivity index (χ1n) is 7.32. The topological polar surface area (TPSA) is 62.5 Å². The van der Waals surface area contributed by atoms with Gasteiger partial charge in [0, 0.05) is 37.3 Å². The zero-order valence-corrected chi connectivity index (χ0v) is 13.4. The minimum atomic E-state index is 0.744. The lowest BCUT2D eigenvalue weighted by Crippen LogP contribution is -2.46. The summed E-state index contributed by atoms with van der Waals surface area (Å²) >= 11 is 1.75. The fourth-order valence-electron chi connectivity index (χ4n) is 2.66. The largest absolute Gasteiger partial charge is 0.352 e. The Hall–Kier alpha value is -2.22. The van der Waals surface area contributed by atoms with Gasteiger partial charge < -0.3 is 9.80 Å². The lowest BCUT2D eigenvalue weighted by Gasteiger charge is -2.35. The third-order valence-corrected chi connectivity index (χ3v) is 4.76. The quantitative estimate of drug-likeness (QED) is 0.714. The molecule has 0 saturated carbocycles. The van der Waals surface area contributed by atoms with Gasteiger partial charge in [-0.05, 0) is 26.0 Å². The van der Waals surface area contributed by atoms with Crippen LogP contribution in [0.3, 0.4) is 0 Å². The van der Waals surface area contributed by atoms with Crippen LogP contribution in [0.25, 0.3) is 5.65 Å². The summed E-state index contributed by atoms with van der Waals surface area (Å²) in [6.07, 6.45) is 1.94. The van der Waals surface area contributed by atoms with Crippen molar-refractivity contribution >= 4 is 27.9 Å². The first-order chi connectivity index (χ1) is 10.7. The molecule has 3 aromatic heterocycles. The number of nitrogens with zero attached hydrogens (tertiary/aromatic N) is 7. The maximum Gasteiger partial charge on any atom is 0.185 e. The van der Waals surface area contributed by atoms with Gasteiger partial charge in [0.05, 0.1) is 0 Å². The first-order valence-corrected chi connectivity index (χ1v) is 8.14. The Kier molecular flexibility index (Phi) is 3.18. The van der Waals surface area contributed by atoms with Crippen molar-refractivity contribution < 1.29 is 0 Å². The van der Waals surface area contributed by atoms with Crippen molar-refractivity contribution in [3.63, 3.8) is 0 Å². The number of hydrogen-bond donors (Lipinski definition) is 0. The molecule has 0 atom stereocenters. The molecule has 0 amide bonds. The molecule has 0 aromatic carbocycles. The van der Waals surface area contributed by atoms with E-state index in [2.05, 4.69) is 36.9 Å². The molecule has 0 bridgehead atoms. The lowest BCUT2D eigenvalue weighted by molar-refractivity contribution is 0.635. The summed E-state index contributed by atoms with van der Waals surface area (Å²) in [5, 5.41) is 9.96. The standard InChI is InChI=1S/C14H17N7S/c1-10-9-15-14(22-10)20-7-5-19(6-8-20)13-4-3-12-16-11(2)17-21(12)18-13/h3-4,9H,5-8H2,1-2H3. The highest BCUT2D eigenvalue weighted by Crippen LogP contribution is 2.23. The van der Waals surface area contributed by atoms with Crippen molar-refractivity contribution in [2.24, 2.45) is 0 Å². The van der Waals surface area contributed by atoms with Crippen molar-refractivity contribution in [2.75, 3.05) is 36.0 Å². The molecule has 0 N–H and O–H groups in total. The molecule has 7 nitrogen and oxygen atoms in total. The van der Waals surface area contributed by atoms with Crippen LogP contribution in [-0.2, 0) is 0 Å². The van der Waals surface area contributed by atoms with E-state index in [1.54, 1.807) is 16.0 Å². The van der Waals surface area contributed by atoms with Gasteiger partial charge in [-0.2, -0.15) is 0 Å². The average molecular weight is 315 g/mol. The Morgan fingerprint density at radius 1 is 1.00 bits per heavy atom. The summed E-state index contributed by atoms with van der Waals surface area (Å²) in [7, 11) is 0. The zero-order valence-electron chi connectivity index (χ0n) is 12.6. The second-order valence-electron chi connectivity index (χ2n) is 5.43. The van der Waals surface area contributed by atoms with Crippen LogP contribution < -0.4 is 9.80 Å². The molecule has 0 aliphatic carbocycles. The predicted molar refractivity (Wildman–Crippen MR) is 86.8 cm³/mol. The molecule has 1 aliphatic heterocycles. The Bertz CT molecular complexity index is 800. The van der Waals surface area contributed by atoms with E-state index < -0.39 is 0 Å². The molecule has 4 rings (SSSR count). The zero-order chi connectivity index (χ0) is 15.1. The average Bonchev–Trinajstić information content (AvgIpc) is 3.11. The maximum absolute atomic E-state index is 4.56. The number of rotatable bonds is 2. The van der Waals surface area contributed by atoms with Gasteiger partial charge in [-0.15, -0.1) is 26.2 Å². The SMILES string of the molecule is Cc1nc2ccc(N3CCN(c4ncc(C)s4)CC3)nn2n1. The molecule has 0 unspecified atom stereocenters. The molecule has 114 valence electrons. The van der Waals surface area contributed by atoms with Crippen molar-refractivity contribution in [2.45, 2.75) is 13.8 Å². The van der Waals surface area contributed by atoms with Gasteiger partial charge in [-0.25, -0.2) is 9.97 Å². The normalized spacial score (nSPS) is 15.7. The van der Waals surface area contributed by atoms with Gasteiger partial charge >= 0.3 is 0 Å². The number of piperazine rings is 1. The van der Waals surface area contributed by atoms with Crippen LogP contribution in [0, 0.1) is 13.8 Å². The molecule has 1 aliphatic rings. The maximum atomic E-state index is 4.56. The van der Waals surface area contributed by atoms with Gasteiger partial charge in [-0.1, -0.05) is 0 Å². The molecule has 1 fully saturated rings. The summed E-state index contributed by atoms with van der Waals surface area (Å²) in [6.45, 7) is 7.77. The van der Waals surface area contributed by atoms with Gasteiger partial charge in [-0.3, -0.25) is 0 Å². The van der Waals surface area contributed by atoms with Gasteiger partial charge in [0.2, 0.25) is 0 Å². The summed E-state index contributed by atoms with van der Waals surface area (Å²) in [6, 6.07) is 3.99. The minimum Gasteiger partial charge on any atom is -0.352 e. The molecule has 22 heavy (non-hydrogen) atoms. The van der Waals surface area contributed by atoms with Crippen LogP contribution in [0.4, 0.5) is 10.9 Å². The van der Waals surface area contributed by atoms with Crippen molar-refractivity contribution in [3.05, 3.63) is 29.0 Å². The van der Waals surface area contributed by atoms with Crippen molar-refractivity contribution in [1.82, 2.24) is 24.8 Å². The van der Waals surface area contributed by atoms with Crippen molar-refractivity contribution in [1.29, 1.82) is 0 Å². The highest BCUT2D eigenvalue weighted by molar-refractivity contribution is 7.15. The number of aryl methyl sites for hydroxylation is 2. The minimum absolute atomic E-state index is 0.744. The molecule has 8 heteroatoms. The third-order valence-electron chi connectivity index (χ3n) is 3.78. The van der Waals surface area contributed by atoms with E-state index in [0.717, 1.165) is 48.6 Å². The van der Waals surface area contributed by atoms with E-state index in [1.165, 1.54) is 4.88 Å². The monoisotopic (exact) mass is 315 g/mol. The number of thiazole rings is 1. The Morgan fingerprint density at radius 2 is 1.77 bits per heavy atom. The van der Waals surface area contributed by atoms with Crippen LogP contribution in [0.1, 0.15) is 10.7 Å². The van der Waals surface area contributed by atoms with E-state index in [9.17, 15) is 0 Å². The number of anilines is 2. The lowest BCUT2D eigenvalue weighted by atomic mass is 10.3. The summed E-state index contributed by atoms with van der Waals surface area (Å²) < 4.78 is 1.61. The fraction of sp³-hybridized carbons (Fsp3) is 0.429. The van der Waals surface area contributed by atoms with Gasteiger partial charge in [0.15, 0.2) is 16.6 Å². The Balaban J connectivity index is 1.50. The second kappa shape index (κ2) is 5.20. The molecule has 3 aromatic rings. The fourth-order valence-corrected chi connectivity index (χ4v) is 3.47. The molecule has 1 saturated heterocycles. The summed E-state index contributed by atoms with van der Waals surface area (Å²) in [5.41, 5.74) is 0.790. The molecular weight excluding hydrogens is 298 g/mol. The van der Waals surface area contributed by atoms with Gasteiger partial charge in [0.1, 0.15) is 5.82 Å².